The Balaban J connectivity index is 1.68. The number of aryl methyl sites for hydroxylation is 1. The summed E-state index contributed by atoms with van der Waals surface area (Å²) < 4.78 is 13.2. The minimum absolute atomic E-state index is 0.00512. The number of carbonyl (C=O) groups excluding carboxylic acids is 2. The first-order chi connectivity index (χ1) is 17.9. The molecule has 1 amide bonds. The van der Waals surface area contributed by atoms with Gasteiger partial charge in [-0.3, -0.25) is 9.59 Å². The van der Waals surface area contributed by atoms with Crippen molar-refractivity contribution in [3.8, 4) is 11.5 Å². The van der Waals surface area contributed by atoms with Gasteiger partial charge < -0.3 is 24.0 Å². The van der Waals surface area contributed by atoms with Gasteiger partial charge in [0.1, 0.15) is 23.9 Å². The van der Waals surface area contributed by atoms with E-state index in [1.54, 1.807) is 55.0 Å². The van der Waals surface area contributed by atoms with Crippen LogP contribution in [0.4, 0.5) is 0 Å². The van der Waals surface area contributed by atoms with Crippen molar-refractivity contribution in [3.05, 3.63) is 96.6 Å². The summed E-state index contributed by atoms with van der Waals surface area (Å²) in [6, 6.07) is 13.3. The van der Waals surface area contributed by atoms with Gasteiger partial charge in [0.15, 0.2) is 0 Å². The molecule has 0 radical (unpaired) electrons. The molecule has 1 atom stereocenters. The number of aliphatic hydroxyl groups is 1. The number of likely N-dealkylation sites (tertiary alicyclic amines) is 1. The van der Waals surface area contributed by atoms with Crippen LogP contribution in [0.2, 0.25) is 0 Å². The van der Waals surface area contributed by atoms with Gasteiger partial charge in [0.2, 0.25) is 0 Å². The molecule has 192 valence electrons. The van der Waals surface area contributed by atoms with Crippen LogP contribution in [0.5, 0.6) is 11.5 Å². The molecule has 1 saturated heterocycles. The highest BCUT2D eigenvalue weighted by atomic mass is 16.5. The van der Waals surface area contributed by atoms with E-state index < -0.39 is 17.7 Å². The number of hydrogen-bond acceptors (Lipinski definition) is 6. The van der Waals surface area contributed by atoms with E-state index in [0.717, 1.165) is 0 Å². The Morgan fingerprint density at radius 1 is 1.08 bits per heavy atom. The summed E-state index contributed by atoms with van der Waals surface area (Å²) >= 11 is 0. The summed E-state index contributed by atoms with van der Waals surface area (Å²) in [5.41, 5.74) is 1.20. The first-order valence-electron chi connectivity index (χ1n) is 12.2. The maximum absolute atomic E-state index is 13.2. The molecule has 8 heteroatoms. The molecule has 0 aliphatic carbocycles. The van der Waals surface area contributed by atoms with Crippen LogP contribution < -0.4 is 9.47 Å². The molecule has 0 saturated carbocycles. The van der Waals surface area contributed by atoms with E-state index in [0.29, 0.717) is 48.7 Å². The average molecular weight is 502 g/mol. The number of imidazole rings is 1. The molecule has 1 aliphatic heterocycles. The van der Waals surface area contributed by atoms with E-state index in [1.165, 1.54) is 4.90 Å². The van der Waals surface area contributed by atoms with E-state index in [4.69, 9.17) is 9.47 Å². The van der Waals surface area contributed by atoms with Gasteiger partial charge in [-0.1, -0.05) is 24.8 Å². The molecule has 1 aliphatic rings. The lowest BCUT2D eigenvalue weighted by molar-refractivity contribution is -0.139. The fraction of sp³-hybridized carbons (Fsp3) is 0.276. The smallest absolute Gasteiger partial charge is 0.295 e. The van der Waals surface area contributed by atoms with Crippen LogP contribution in [-0.4, -0.2) is 50.5 Å². The van der Waals surface area contributed by atoms with Gasteiger partial charge >= 0.3 is 0 Å². The average Bonchev–Trinajstić information content (AvgIpc) is 3.50. The van der Waals surface area contributed by atoms with Crippen LogP contribution in [-0.2, 0) is 16.1 Å². The highest BCUT2D eigenvalue weighted by Gasteiger charge is 2.45. The Labute approximate surface area is 216 Å². The molecule has 4 rings (SSSR count). The van der Waals surface area contributed by atoms with Crippen molar-refractivity contribution < 1.29 is 24.2 Å². The number of Topliss-reactive ketones (excluding diaryl/α,β-unsaturated/α-hetero) is 1. The second-order valence-corrected chi connectivity index (χ2v) is 9.01. The van der Waals surface area contributed by atoms with Gasteiger partial charge in [0.25, 0.3) is 11.7 Å². The first kappa shape index (κ1) is 25.8. The number of amides is 1. The van der Waals surface area contributed by atoms with Crippen LogP contribution in [0.15, 0.2) is 85.5 Å². The largest absolute Gasteiger partial charge is 0.507 e. The van der Waals surface area contributed by atoms with Crippen molar-refractivity contribution in [1.29, 1.82) is 0 Å². The lowest BCUT2D eigenvalue weighted by Crippen LogP contribution is -2.31. The number of aromatic nitrogens is 2. The lowest BCUT2D eigenvalue weighted by Gasteiger charge is -2.25. The van der Waals surface area contributed by atoms with Crippen molar-refractivity contribution in [2.45, 2.75) is 39.0 Å². The standard InChI is InChI=1S/C29H31N3O5/c1-4-18-36-23-10-6-21(7-11-23)26-25(27(33)22-8-12-24(13-9-22)37-20(2)3)28(34)29(35)32(26)16-5-15-31-17-14-30-19-31/h4,6-14,17,19-20,26,33H,1,5,15-16,18H2,2-3H3/b27-25+. The SMILES string of the molecule is C=CCOc1ccc(C2/C(=C(\O)c3ccc(OC(C)C)cc3)C(=O)C(=O)N2CCCn2ccnc2)cc1. The van der Waals surface area contributed by atoms with Crippen LogP contribution >= 0.6 is 0 Å². The van der Waals surface area contributed by atoms with E-state index >= 15 is 0 Å². The van der Waals surface area contributed by atoms with Crippen LogP contribution in [0.25, 0.3) is 5.76 Å². The monoisotopic (exact) mass is 501 g/mol. The summed E-state index contributed by atoms with van der Waals surface area (Å²) in [5.74, 6) is -0.272. The van der Waals surface area contributed by atoms with Gasteiger partial charge in [0, 0.05) is 31.0 Å². The quantitative estimate of drug-likeness (QED) is 0.176. The zero-order chi connectivity index (χ0) is 26.4. The Hall–Kier alpha value is -4.33. The van der Waals surface area contributed by atoms with Gasteiger partial charge in [-0.05, 0) is 62.2 Å². The molecule has 2 heterocycles. The molecule has 37 heavy (non-hydrogen) atoms. The molecule has 1 unspecified atom stereocenters. The molecular formula is C29H31N3O5. The van der Waals surface area contributed by atoms with E-state index in [1.807, 2.05) is 36.7 Å². The fourth-order valence-corrected chi connectivity index (χ4v) is 4.32. The van der Waals surface area contributed by atoms with Crippen LogP contribution in [0.3, 0.4) is 0 Å². The maximum atomic E-state index is 13.2. The molecule has 2 aromatic carbocycles. The Morgan fingerprint density at radius 3 is 2.41 bits per heavy atom. The normalized spacial score (nSPS) is 16.8. The summed E-state index contributed by atoms with van der Waals surface area (Å²) in [5, 5.41) is 11.3. The predicted molar refractivity (Wildman–Crippen MR) is 140 cm³/mol. The number of carbonyl (C=O) groups is 2. The molecule has 1 N–H and O–H groups in total. The van der Waals surface area contributed by atoms with Crippen molar-refractivity contribution in [2.75, 3.05) is 13.2 Å². The van der Waals surface area contributed by atoms with Gasteiger partial charge in [-0.2, -0.15) is 0 Å². The van der Waals surface area contributed by atoms with Crippen molar-refractivity contribution in [1.82, 2.24) is 14.5 Å². The Bertz CT molecular complexity index is 1260. The third-order valence-corrected chi connectivity index (χ3v) is 5.98. The third-order valence-electron chi connectivity index (χ3n) is 5.98. The minimum Gasteiger partial charge on any atom is -0.507 e. The molecule has 3 aromatic rings. The summed E-state index contributed by atoms with van der Waals surface area (Å²) in [4.78, 5) is 32.0. The molecule has 0 spiro atoms. The number of nitrogens with zero attached hydrogens (tertiary/aromatic N) is 3. The Morgan fingerprint density at radius 2 is 1.78 bits per heavy atom. The van der Waals surface area contributed by atoms with Gasteiger partial charge in [0.05, 0.1) is 24.0 Å². The number of ketones is 1. The van der Waals surface area contributed by atoms with Crippen molar-refractivity contribution in [2.24, 2.45) is 0 Å². The lowest BCUT2D eigenvalue weighted by atomic mass is 9.95. The number of benzene rings is 2. The maximum Gasteiger partial charge on any atom is 0.295 e. The van der Waals surface area contributed by atoms with Crippen LogP contribution in [0.1, 0.15) is 37.4 Å². The zero-order valence-electron chi connectivity index (χ0n) is 21.0. The topological polar surface area (TPSA) is 93.9 Å². The predicted octanol–water partition coefficient (Wildman–Crippen LogP) is 4.75. The van der Waals surface area contributed by atoms with Gasteiger partial charge in [-0.15, -0.1) is 0 Å². The summed E-state index contributed by atoms with van der Waals surface area (Å²) in [7, 11) is 0. The van der Waals surface area contributed by atoms with Crippen molar-refractivity contribution in [3.63, 3.8) is 0 Å². The Kier molecular flexibility index (Phi) is 8.08. The highest BCUT2D eigenvalue weighted by Crippen LogP contribution is 2.40. The third kappa shape index (κ3) is 5.91. The number of rotatable bonds is 11. The number of hydrogen-bond donors (Lipinski definition) is 1. The first-order valence-corrected chi connectivity index (χ1v) is 12.2. The van der Waals surface area contributed by atoms with E-state index in [2.05, 4.69) is 11.6 Å². The van der Waals surface area contributed by atoms with E-state index in [-0.39, 0.29) is 17.4 Å². The van der Waals surface area contributed by atoms with Crippen molar-refractivity contribution >= 4 is 17.4 Å². The molecule has 1 aromatic heterocycles. The highest BCUT2D eigenvalue weighted by molar-refractivity contribution is 6.46. The molecular weight excluding hydrogens is 470 g/mol. The minimum atomic E-state index is -0.733. The summed E-state index contributed by atoms with van der Waals surface area (Å²) in [6.45, 7) is 8.84. The second kappa shape index (κ2) is 11.6. The van der Waals surface area contributed by atoms with Gasteiger partial charge in [-0.25, -0.2) is 4.98 Å². The number of aliphatic hydroxyl groups excluding tert-OH is 1. The molecule has 8 nitrogen and oxygen atoms in total. The second-order valence-electron chi connectivity index (χ2n) is 9.01. The fourth-order valence-electron chi connectivity index (χ4n) is 4.32. The zero-order valence-corrected chi connectivity index (χ0v) is 21.0. The van der Waals surface area contributed by atoms with Crippen LogP contribution in [0, 0.1) is 0 Å². The summed E-state index contributed by atoms with van der Waals surface area (Å²) in [6.07, 6.45) is 7.52. The molecule has 0 bridgehead atoms. The number of ether oxygens (including phenoxy) is 2. The van der Waals surface area contributed by atoms with E-state index in [9.17, 15) is 14.7 Å². The molecule has 1 fully saturated rings.